The third kappa shape index (κ3) is 2.63. The van der Waals surface area contributed by atoms with Gasteiger partial charge < -0.3 is 0 Å². The highest BCUT2D eigenvalue weighted by Gasteiger charge is 2.16. The molecule has 6 nitrogen and oxygen atoms in total. The largest absolute Gasteiger partial charge is 0.271 e. The van der Waals surface area contributed by atoms with E-state index in [0.717, 1.165) is 28.7 Å². The summed E-state index contributed by atoms with van der Waals surface area (Å²) in [5, 5.41) is 5.86. The Morgan fingerprint density at radius 3 is 2.71 bits per heavy atom. The van der Waals surface area contributed by atoms with E-state index in [9.17, 15) is 0 Å². The van der Waals surface area contributed by atoms with Crippen molar-refractivity contribution in [2.45, 2.75) is 25.9 Å². The van der Waals surface area contributed by atoms with Gasteiger partial charge in [0, 0.05) is 36.3 Å². The van der Waals surface area contributed by atoms with Gasteiger partial charge >= 0.3 is 0 Å². The van der Waals surface area contributed by atoms with Crippen molar-refractivity contribution in [2.24, 2.45) is 5.84 Å². The number of fused-ring (bicyclic) bond motifs is 1. The molecular formula is C15H18N6. The Morgan fingerprint density at radius 1 is 1.24 bits per heavy atom. The van der Waals surface area contributed by atoms with Crippen molar-refractivity contribution < 1.29 is 0 Å². The quantitative estimate of drug-likeness (QED) is 0.548. The number of hydrogen-bond acceptors (Lipinski definition) is 5. The van der Waals surface area contributed by atoms with Crippen LogP contribution in [0.2, 0.25) is 0 Å². The third-order valence-electron chi connectivity index (χ3n) is 3.62. The minimum absolute atomic E-state index is 0.0604. The third-order valence-corrected chi connectivity index (χ3v) is 3.62. The number of nitrogens with zero attached hydrogens (tertiary/aromatic N) is 4. The second kappa shape index (κ2) is 5.99. The number of aryl methyl sites for hydroxylation is 1. The van der Waals surface area contributed by atoms with Gasteiger partial charge in [-0.25, -0.2) is 9.97 Å². The van der Waals surface area contributed by atoms with E-state index < -0.39 is 0 Å². The van der Waals surface area contributed by atoms with Crippen LogP contribution in [0.1, 0.15) is 24.2 Å². The molecule has 2 aromatic heterocycles. The summed E-state index contributed by atoms with van der Waals surface area (Å²) in [6, 6.07) is 8.19. The van der Waals surface area contributed by atoms with Gasteiger partial charge in [0.05, 0.1) is 17.3 Å². The van der Waals surface area contributed by atoms with Gasteiger partial charge in [0.2, 0.25) is 0 Å². The van der Waals surface area contributed by atoms with E-state index in [1.165, 1.54) is 6.33 Å². The zero-order valence-corrected chi connectivity index (χ0v) is 11.9. The average Bonchev–Trinajstić information content (AvgIpc) is 2.91. The van der Waals surface area contributed by atoms with Crippen LogP contribution in [0.25, 0.3) is 10.9 Å². The fourth-order valence-corrected chi connectivity index (χ4v) is 2.54. The Bertz CT molecular complexity index is 721. The summed E-state index contributed by atoms with van der Waals surface area (Å²) in [5.74, 6) is 5.70. The maximum absolute atomic E-state index is 5.70. The molecule has 0 bridgehead atoms. The second-order valence-electron chi connectivity index (χ2n) is 4.87. The first-order chi connectivity index (χ1) is 10.3. The topological polar surface area (TPSA) is 81.7 Å². The van der Waals surface area contributed by atoms with Crippen LogP contribution in [0.5, 0.6) is 0 Å². The molecule has 0 aliphatic rings. The van der Waals surface area contributed by atoms with Crippen molar-refractivity contribution in [3.05, 3.63) is 54.2 Å². The maximum Gasteiger partial charge on any atom is 0.115 e. The minimum atomic E-state index is -0.0604. The molecule has 0 aliphatic heterocycles. The zero-order valence-electron chi connectivity index (χ0n) is 11.9. The lowest BCUT2D eigenvalue weighted by Crippen LogP contribution is -2.30. The van der Waals surface area contributed by atoms with Crippen LogP contribution in [0.3, 0.4) is 0 Å². The highest BCUT2D eigenvalue weighted by atomic mass is 15.3. The molecule has 2 heterocycles. The molecule has 1 atom stereocenters. The van der Waals surface area contributed by atoms with Gasteiger partial charge in [0.15, 0.2) is 0 Å². The standard InChI is InChI=1S/C15H18N6/c1-2-21-15-6-4-3-5-12(15)14(20-21)7-13(19-16)11-8-17-10-18-9-11/h3-6,8-10,13,19H,2,7,16H2,1H3. The van der Waals surface area contributed by atoms with Crippen molar-refractivity contribution >= 4 is 10.9 Å². The smallest absolute Gasteiger partial charge is 0.115 e. The molecule has 3 N–H and O–H groups in total. The van der Waals surface area contributed by atoms with Crippen molar-refractivity contribution in [2.75, 3.05) is 0 Å². The highest BCUT2D eigenvalue weighted by molar-refractivity contribution is 5.82. The first-order valence-electron chi connectivity index (χ1n) is 6.99. The molecule has 21 heavy (non-hydrogen) atoms. The van der Waals surface area contributed by atoms with E-state index in [0.29, 0.717) is 6.42 Å². The molecule has 3 aromatic rings. The predicted octanol–water partition coefficient (Wildman–Crippen LogP) is 1.59. The molecule has 1 unspecified atom stereocenters. The summed E-state index contributed by atoms with van der Waals surface area (Å²) in [6.45, 7) is 2.93. The van der Waals surface area contributed by atoms with Crippen LogP contribution in [-0.2, 0) is 13.0 Å². The molecule has 3 rings (SSSR count). The molecule has 1 aromatic carbocycles. The zero-order chi connectivity index (χ0) is 14.7. The number of para-hydroxylation sites is 1. The first kappa shape index (κ1) is 13.7. The Balaban J connectivity index is 1.97. The van der Waals surface area contributed by atoms with Crippen LogP contribution < -0.4 is 11.3 Å². The number of aromatic nitrogens is 4. The van der Waals surface area contributed by atoms with Gasteiger partial charge in [-0.05, 0) is 13.0 Å². The SMILES string of the molecule is CCn1nc(CC(NN)c2cncnc2)c2ccccc21. The number of nitrogens with two attached hydrogens (primary N) is 1. The van der Waals surface area contributed by atoms with Gasteiger partial charge in [0.25, 0.3) is 0 Å². The fraction of sp³-hybridized carbons (Fsp3) is 0.267. The summed E-state index contributed by atoms with van der Waals surface area (Å²) in [7, 11) is 0. The Hall–Kier alpha value is -2.31. The highest BCUT2D eigenvalue weighted by Crippen LogP contribution is 2.23. The van der Waals surface area contributed by atoms with Gasteiger partial charge in [-0.3, -0.25) is 16.0 Å². The normalized spacial score (nSPS) is 12.7. The summed E-state index contributed by atoms with van der Waals surface area (Å²) < 4.78 is 2.01. The Morgan fingerprint density at radius 2 is 2.00 bits per heavy atom. The van der Waals surface area contributed by atoms with Gasteiger partial charge in [-0.2, -0.15) is 5.10 Å². The summed E-state index contributed by atoms with van der Waals surface area (Å²) in [4.78, 5) is 8.09. The van der Waals surface area contributed by atoms with Crippen LogP contribution in [-0.4, -0.2) is 19.7 Å². The lowest BCUT2D eigenvalue weighted by Gasteiger charge is -2.14. The molecule has 0 aliphatic carbocycles. The van der Waals surface area contributed by atoms with Gasteiger partial charge in [-0.15, -0.1) is 0 Å². The van der Waals surface area contributed by atoms with Gasteiger partial charge in [0.1, 0.15) is 6.33 Å². The number of rotatable bonds is 5. The van der Waals surface area contributed by atoms with Crippen molar-refractivity contribution in [1.29, 1.82) is 0 Å². The number of hydrogen-bond donors (Lipinski definition) is 2. The summed E-state index contributed by atoms with van der Waals surface area (Å²) >= 11 is 0. The number of nitrogens with one attached hydrogen (secondary N) is 1. The Kier molecular flexibility index (Phi) is 3.89. The van der Waals surface area contributed by atoms with Crippen molar-refractivity contribution in [3.63, 3.8) is 0 Å². The van der Waals surface area contributed by atoms with Crippen molar-refractivity contribution in [1.82, 2.24) is 25.2 Å². The minimum Gasteiger partial charge on any atom is -0.271 e. The maximum atomic E-state index is 5.70. The van der Waals surface area contributed by atoms with Crippen LogP contribution >= 0.6 is 0 Å². The molecular weight excluding hydrogens is 264 g/mol. The van der Waals surface area contributed by atoms with E-state index in [1.807, 2.05) is 16.8 Å². The average molecular weight is 282 g/mol. The summed E-state index contributed by atoms with van der Waals surface area (Å²) in [6.07, 6.45) is 5.75. The number of benzene rings is 1. The molecule has 0 spiro atoms. The molecule has 0 fully saturated rings. The molecule has 0 radical (unpaired) electrons. The predicted molar refractivity (Wildman–Crippen MR) is 81.2 cm³/mol. The summed E-state index contributed by atoms with van der Waals surface area (Å²) in [5.41, 5.74) is 5.96. The lowest BCUT2D eigenvalue weighted by atomic mass is 10.0. The van der Waals surface area contributed by atoms with Crippen LogP contribution in [0, 0.1) is 0 Å². The van der Waals surface area contributed by atoms with E-state index in [4.69, 9.17) is 10.9 Å². The first-order valence-corrected chi connectivity index (χ1v) is 6.99. The van der Waals surface area contributed by atoms with Gasteiger partial charge in [-0.1, -0.05) is 18.2 Å². The van der Waals surface area contributed by atoms with E-state index in [2.05, 4.69) is 34.5 Å². The molecule has 0 amide bonds. The number of hydrazine groups is 1. The lowest BCUT2D eigenvalue weighted by molar-refractivity contribution is 0.536. The fourth-order valence-electron chi connectivity index (χ4n) is 2.54. The van der Waals surface area contributed by atoms with Crippen LogP contribution in [0.15, 0.2) is 43.0 Å². The van der Waals surface area contributed by atoms with E-state index >= 15 is 0 Å². The van der Waals surface area contributed by atoms with Crippen molar-refractivity contribution in [3.8, 4) is 0 Å². The Labute approximate surface area is 123 Å². The molecule has 0 saturated carbocycles. The molecule has 6 heteroatoms. The second-order valence-corrected chi connectivity index (χ2v) is 4.87. The van der Waals surface area contributed by atoms with E-state index in [-0.39, 0.29) is 6.04 Å². The van der Waals surface area contributed by atoms with Crippen LogP contribution in [0.4, 0.5) is 0 Å². The molecule has 108 valence electrons. The molecule has 0 saturated heterocycles. The monoisotopic (exact) mass is 282 g/mol. The van der Waals surface area contributed by atoms with E-state index in [1.54, 1.807) is 12.4 Å².